The third-order valence-corrected chi connectivity index (χ3v) is 5.29. The van der Waals surface area contributed by atoms with Crippen LogP contribution in [0.3, 0.4) is 0 Å². The van der Waals surface area contributed by atoms with Gasteiger partial charge in [-0.25, -0.2) is 0 Å². The average molecular weight is 424 g/mol. The van der Waals surface area contributed by atoms with E-state index in [-0.39, 0.29) is 5.75 Å². The second kappa shape index (κ2) is 8.54. The van der Waals surface area contributed by atoms with Crippen molar-refractivity contribution >= 4 is 22.7 Å². The first-order valence-corrected chi connectivity index (χ1v) is 10.9. The van der Waals surface area contributed by atoms with E-state index in [0.29, 0.717) is 41.7 Å². The summed E-state index contributed by atoms with van der Waals surface area (Å²) in [5, 5.41) is 3.14. The maximum Gasteiger partial charge on any atom is 0.317 e. The summed E-state index contributed by atoms with van der Waals surface area (Å²) in [6.07, 6.45) is 0. The van der Waals surface area contributed by atoms with Gasteiger partial charge in [-0.2, -0.15) is 14.0 Å². The lowest BCUT2D eigenvalue weighted by Crippen LogP contribution is -2.63. The van der Waals surface area contributed by atoms with E-state index in [0.717, 1.165) is 18.8 Å². The minimum Gasteiger partial charge on any atom is -0.453 e. The van der Waals surface area contributed by atoms with Gasteiger partial charge in [0.1, 0.15) is 15.9 Å². The Morgan fingerprint density at radius 2 is 1.45 bits per heavy atom. The number of nitrogens with one attached hydrogen (secondary N) is 1. The lowest BCUT2D eigenvalue weighted by Gasteiger charge is -2.28. The van der Waals surface area contributed by atoms with Crippen molar-refractivity contribution in [3.05, 3.63) is 30.3 Å². The molecule has 1 N–H and O–H groups in total. The topological polar surface area (TPSA) is 106 Å². The molecule has 9 heteroatoms. The Hall–Kier alpha value is -2.39. The number of nitrogens with zero attached hydrogens (tertiary/aromatic N) is 2. The van der Waals surface area contributed by atoms with Crippen LogP contribution in [0.5, 0.6) is 17.2 Å². The maximum atomic E-state index is 11.2. The molecule has 1 heterocycles. The molecule has 0 atom stereocenters. The van der Waals surface area contributed by atoms with Gasteiger partial charge >= 0.3 is 5.75 Å². The summed E-state index contributed by atoms with van der Waals surface area (Å²) in [7, 11) is -4.64. The molecule has 0 fully saturated rings. The third kappa shape index (κ3) is 4.62. The van der Waals surface area contributed by atoms with Gasteiger partial charge in [0.2, 0.25) is 0 Å². The molecule has 3 rings (SSSR count). The summed E-state index contributed by atoms with van der Waals surface area (Å²) in [6.45, 7) is 11.3. The molecule has 0 aromatic heterocycles. The maximum absolute atomic E-state index is 11.2. The summed E-state index contributed by atoms with van der Waals surface area (Å²) in [6, 6.07) is 9.09. The van der Waals surface area contributed by atoms with Crippen LogP contribution in [0.2, 0.25) is 0 Å². The van der Waals surface area contributed by atoms with Crippen LogP contribution in [0.4, 0.5) is 22.7 Å². The van der Waals surface area contributed by atoms with E-state index in [1.54, 1.807) is 0 Å². The van der Waals surface area contributed by atoms with Crippen molar-refractivity contribution in [2.45, 2.75) is 27.7 Å². The lowest BCUT2D eigenvalue weighted by molar-refractivity contribution is -1.91. The Bertz CT molecular complexity index is 864. The first-order valence-electron chi connectivity index (χ1n) is 9.66. The summed E-state index contributed by atoms with van der Waals surface area (Å²) >= 11 is 0. The van der Waals surface area contributed by atoms with Crippen LogP contribution < -0.4 is 38.1 Å². The molecule has 0 spiro atoms. The molecule has 0 saturated heterocycles. The normalized spacial score (nSPS) is 12.4. The van der Waals surface area contributed by atoms with Gasteiger partial charge in [-0.3, -0.25) is 0 Å². The highest BCUT2D eigenvalue weighted by Crippen LogP contribution is 2.49. The molecular weight excluding hydrogens is 398 g/mol. The van der Waals surface area contributed by atoms with Crippen molar-refractivity contribution in [1.29, 1.82) is 0 Å². The number of halogens is 1. The van der Waals surface area contributed by atoms with Gasteiger partial charge < -0.3 is 19.9 Å². The third-order valence-electron chi connectivity index (χ3n) is 4.93. The molecule has 0 radical (unpaired) electrons. The fraction of sp³-hybridized carbons (Fsp3) is 0.400. The van der Waals surface area contributed by atoms with E-state index >= 15 is 0 Å². The number of fused-ring (bicyclic) bond motifs is 2. The van der Waals surface area contributed by atoms with Crippen LogP contribution in [-0.4, -0.2) is 26.2 Å². The van der Waals surface area contributed by atoms with E-state index in [4.69, 9.17) is 9.03 Å². The predicted molar refractivity (Wildman–Crippen MR) is 104 cm³/mol. The fourth-order valence-electron chi connectivity index (χ4n) is 3.45. The molecule has 0 aliphatic carbocycles. The number of hydrogen-bond acceptors (Lipinski definition) is 8. The Balaban J connectivity index is 2.05. The minimum absolute atomic E-state index is 0.0977. The molecule has 1 aliphatic heterocycles. The van der Waals surface area contributed by atoms with Gasteiger partial charge in [-0.1, -0.05) is 4.29 Å². The molecule has 158 valence electrons. The van der Waals surface area contributed by atoms with Crippen LogP contribution in [0.25, 0.3) is 0 Å². The Morgan fingerprint density at radius 3 is 2.03 bits per heavy atom. The van der Waals surface area contributed by atoms with Crippen LogP contribution in [-0.2, 0) is 0 Å². The summed E-state index contributed by atoms with van der Waals surface area (Å²) in [5.41, 5.74) is 2.69. The largest absolute Gasteiger partial charge is 0.453 e. The fourth-order valence-corrected chi connectivity index (χ4v) is 3.78. The number of benzene rings is 2. The van der Waals surface area contributed by atoms with Crippen molar-refractivity contribution in [1.82, 2.24) is 0 Å². The van der Waals surface area contributed by atoms with Crippen LogP contribution in [0, 0.1) is 10.2 Å². The molecule has 2 aromatic carbocycles. The van der Waals surface area contributed by atoms with Gasteiger partial charge in [-0.15, -0.1) is 0 Å². The second-order valence-electron chi connectivity index (χ2n) is 6.52. The second-order valence-corrected chi connectivity index (χ2v) is 7.43. The van der Waals surface area contributed by atoms with Crippen molar-refractivity contribution in [2.24, 2.45) is 0 Å². The summed E-state index contributed by atoms with van der Waals surface area (Å²) in [5.74, 6) is 0.916. The van der Waals surface area contributed by atoms with E-state index < -0.39 is 10.2 Å². The molecule has 29 heavy (non-hydrogen) atoms. The Kier molecular flexibility index (Phi) is 6.28. The first-order chi connectivity index (χ1) is 13.8. The highest BCUT2D eigenvalue weighted by molar-refractivity contribution is 5.83. The van der Waals surface area contributed by atoms with Gasteiger partial charge in [0.05, 0.1) is 5.69 Å². The van der Waals surface area contributed by atoms with Crippen LogP contribution in [0.1, 0.15) is 27.7 Å². The standard InChI is InChI=1S/C20H26ClN3O5/c1-5-23(6-2)14-9-10-16-17(11-14)28-18-12-15(24(7-3)8-4)13-19(20(18)22-16)29-21(25,26)27/h9-13,22H,5-8H2,1-4H3. The molecule has 0 saturated carbocycles. The first kappa shape index (κ1) is 21.3. The molecule has 0 unspecified atom stereocenters. The Morgan fingerprint density at radius 1 is 0.862 bits per heavy atom. The molecule has 0 amide bonds. The van der Waals surface area contributed by atoms with Crippen molar-refractivity contribution in [2.75, 3.05) is 41.3 Å². The van der Waals surface area contributed by atoms with E-state index in [1.807, 2.05) is 43.0 Å². The average Bonchev–Trinajstić information content (AvgIpc) is 2.67. The number of ether oxygens (including phenoxy) is 1. The summed E-state index contributed by atoms with van der Waals surface area (Å²) in [4.78, 5) is 4.20. The van der Waals surface area contributed by atoms with Crippen LogP contribution >= 0.6 is 0 Å². The molecule has 0 bridgehead atoms. The molecule has 2 aromatic rings. The van der Waals surface area contributed by atoms with Crippen molar-refractivity contribution in [3.8, 4) is 17.2 Å². The summed E-state index contributed by atoms with van der Waals surface area (Å²) < 4.78 is 44.5. The molecular formula is C20H26ClN3O5. The van der Waals surface area contributed by atoms with E-state index in [2.05, 4.69) is 24.1 Å². The minimum atomic E-state index is -4.64. The highest BCUT2D eigenvalue weighted by atomic mass is 35.7. The monoisotopic (exact) mass is 423 g/mol. The molecule has 1 aliphatic rings. The van der Waals surface area contributed by atoms with Crippen LogP contribution in [0.15, 0.2) is 30.3 Å². The van der Waals surface area contributed by atoms with Gasteiger partial charge in [0.25, 0.3) is 0 Å². The number of anilines is 4. The van der Waals surface area contributed by atoms with E-state index in [1.165, 1.54) is 6.07 Å². The number of hydrogen-bond donors (Lipinski definition) is 1. The quantitative estimate of drug-likeness (QED) is 0.581. The van der Waals surface area contributed by atoms with Crippen molar-refractivity contribution in [3.63, 3.8) is 0 Å². The van der Waals surface area contributed by atoms with Gasteiger partial charge in [0, 0.05) is 55.8 Å². The lowest BCUT2D eigenvalue weighted by atomic mass is 10.1. The zero-order valence-corrected chi connectivity index (χ0v) is 17.8. The highest BCUT2D eigenvalue weighted by Gasteiger charge is 2.30. The SMILES string of the molecule is CCN(CC)c1ccc2c(c1)Oc1cc(N(CC)CC)cc(O[Cl+3]([O-])([O-])[O-])c1N2. The number of rotatable bonds is 8. The zero-order valence-electron chi connectivity index (χ0n) is 17.0. The molecule has 8 nitrogen and oxygen atoms in total. The smallest absolute Gasteiger partial charge is 0.317 e. The van der Waals surface area contributed by atoms with Gasteiger partial charge in [-0.05, 0) is 39.8 Å². The van der Waals surface area contributed by atoms with Crippen molar-refractivity contribution < 1.29 is 33.2 Å². The predicted octanol–water partition coefficient (Wildman–Crippen LogP) is 1.50. The Labute approximate surface area is 173 Å². The zero-order chi connectivity index (χ0) is 21.2. The van der Waals surface area contributed by atoms with Gasteiger partial charge in [0.15, 0.2) is 11.5 Å². The van der Waals surface area contributed by atoms with E-state index in [9.17, 15) is 14.0 Å².